The van der Waals surface area contributed by atoms with Gasteiger partial charge in [-0.2, -0.15) is 5.10 Å². The van der Waals surface area contributed by atoms with Gasteiger partial charge in [-0.15, -0.1) is 0 Å². The molecule has 0 aromatic carbocycles. The largest absolute Gasteiger partial charge is 0.381 e. The van der Waals surface area contributed by atoms with Crippen molar-refractivity contribution in [3.63, 3.8) is 0 Å². The highest BCUT2D eigenvalue weighted by atomic mass is 79.9. The highest BCUT2D eigenvalue weighted by molar-refractivity contribution is 9.10. The molecule has 1 aliphatic heterocycles. The van der Waals surface area contributed by atoms with Crippen LogP contribution in [0, 0.1) is 12.3 Å². The smallest absolute Gasteiger partial charge is 0.0738 e. The molecule has 0 bridgehead atoms. The molecule has 2 heterocycles. The summed E-state index contributed by atoms with van der Waals surface area (Å²) in [5, 5.41) is 8.19. The quantitative estimate of drug-likeness (QED) is 0.863. The number of nitrogens with zero attached hydrogens (tertiary/aromatic N) is 2. The van der Waals surface area contributed by atoms with Gasteiger partial charge in [-0.05, 0) is 42.6 Å². The second-order valence-electron chi connectivity index (χ2n) is 6.18. The van der Waals surface area contributed by atoms with Crippen LogP contribution in [-0.4, -0.2) is 35.6 Å². The zero-order valence-corrected chi connectivity index (χ0v) is 14.6. The molecule has 20 heavy (non-hydrogen) atoms. The predicted octanol–water partition coefficient (Wildman–Crippen LogP) is 2.92. The Morgan fingerprint density at radius 2 is 2.25 bits per heavy atom. The van der Waals surface area contributed by atoms with E-state index in [1.54, 1.807) is 0 Å². The summed E-state index contributed by atoms with van der Waals surface area (Å²) in [7, 11) is 0. The predicted molar refractivity (Wildman–Crippen MR) is 85.0 cm³/mol. The fraction of sp³-hybridized carbons (Fsp3) is 0.800. The van der Waals surface area contributed by atoms with Crippen LogP contribution in [0.25, 0.3) is 0 Å². The lowest BCUT2D eigenvalue weighted by atomic mass is 9.82. The maximum absolute atomic E-state index is 5.70. The van der Waals surface area contributed by atoms with E-state index < -0.39 is 0 Å². The number of hydrogen-bond donors (Lipinski definition) is 1. The second kappa shape index (κ2) is 6.58. The molecule has 0 spiro atoms. The molecule has 1 fully saturated rings. The van der Waals surface area contributed by atoms with Crippen molar-refractivity contribution in [2.45, 2.75) is 53.1 Å². The Balaban J connectivity index is 2.20. The standard InChI is InChI=1S/C15H26BrN3O/c1-5-19-13(14(16)12(4)18-19)8-15(6-7-20-10-15)9-17-11(2)3/h11,17H,5-10H2,1-4H3. The highest BCUT2D eigenvalue weighted by Gasteiger charge is 2.36. The lowest BCUT2D eigenvalue weighted by Gasteiger charge is -2.29. The average Bonchev–Trinajstić information content (AvgIpc) is 2.97. The van der Waals surface area contributed by atoms with Crippen LogP contribution in [0.2, 0.25) is 0 Å². The van der Waals surface area contributed by atoms with Gasteiger partial charge in [-0.3, -0.25) is 4.68 Å². The van der Waals surface area contributed by atoms with Gasteiger partial charge < -0.3 is 10.1 Å². The third-order valence-corrected chi connectivity index (χ3v) is 5.10. The number of hydrogen-bond acceptors (Lipinski definition) is 3. The Hall–Kier alpha value is -0.390. The first kappa shape index (κ1) is 16.0. The highest BCUT2D eigenvalue weighted by Crippen LogP contribution is 2.35. The first-order chi connectivity index (χ1) is 9.47. The third kappa shape index (κ3) is 3.43. The summed E-state index contributed by atoms with van der Waals surface area (Å²) >= 11 is 3.71. The van der Waals surface area contributed by atoms with Gasteiger partial charge in [0.15, 0.2) is 0 Å². The van der Waals surface area contributed by atoms with Gasteiger partial charge in [0.05, 0.1) is 22.5 Å². The molecule has 1 atom stereocenters. The van der Waals surface area contributed by atoms with Crippen LogP contribution in [-0.2, 0) is 17.7 Å². The maximum atomic E-state index is 5.70. The minimum atomic E-state index is 0.201. The van der Waals surface area contributed by atoms with Crippen LogP contribution < -0.4 is 5.32 Å². The van der Waals surface area contributed by atoms with Crippen molar-refractivity contribution in [2.24, 2.45) is 5.41 Å². The molecule has 1 saturated heterocycles. The first-order valence-electron chi connectivity index (χ1n) is 7.50. The number of rotatable bonds is 6. The molecule has 2 rings (SSSR count). The molecule has 1 N–H and O–H groups in total. The van der Waals surface area contributed by atoms with Crippen LogP contribution in [0.5, 0.6) is 0 Å². The second-order valence-corrected chi connectivity index (χ2v) is 6.97. The van der Waals surface area contributed by atoms with Crippen molar-refractivity contribution >= 4 is 15.9 Å². The summed E-state index contributed by atoms with van der Waals surface area (Å²) in [6, 6.07) is 0.508. The number of ether oxygens (including phenoxy) is 1. The number of nitrogens with one attached hydrogen (secondary N) is 1. The van der Waals surface area contributed by atoms with Crippen LogP contribution in [0.3, 0.4) is 0 Å². The van der Waals surface area contributed by atoms with Crippen molar-refractivity contribution in [3.8, 4) is 0 Å². The molecule has 1 aliphatic rings. The summed E-state index contributed by atoms with van der Waals surface area (Å²) in [6.45, 7) is 12.2. The number of halogens is 1. The Morgan fingerprint density at radius 3 is 2.80 bits per heavy atom. The van der Waals surface area contributed by atoms with Crippen molar-refractivity contribution in [1.82, 2.24) is 15.1 Å². The van der Waals surface area contributed by atoms with Gasteiger partial charge >= 0.3 is 0 Å². The summed E-state index contributed by atoms with van der Waals surface area (Å²) in [5.74, 6) is 0. The van der Waals surface area contributed by atoms with Gasteiger partial charge in [0.2, 0.25) is 0 Å². The minimum Gasteiger partial charge on any atom is -0.381 e. The average molecular weight is 344 g/mol. The van der Waals surface area contributed by atoms with E-state index in [2.05, 4.69) is 58.7 Å². The summed E-state index contributed by atoms with van der Waals surface area (Å²) in [4.78, 5) is 0. The Kier molecular flexibility index (Phi) is 5.26. The zero-order valence-electron chi connectivity index (χ0n) is 13.0. The van der Waals surface area contributed by atoms with Crippen LogP contribution >= 0.6 is 15.9 Å². The molecular weight excluding hydrogens is 318 g/mol. The first-order valence-corrected chi connectivity index (χ1v) is 8.29. The maximum Gasteiger partial charge on any atom is 0.0738 e. The molecule has 0 radical (unpaired) electrons. The van der Waals surface area contributed by atoms with Gasteiger partial charge in [-0.25, -0.2) is 0 Å². The van der Waals surface area contributed by atoms with Gasteiger partial charge in [0.1, 0.15) is 0 Å². The van der Waals surface area contributed by atoms with Crippen molar-refractivity contribution in [3.05, 3.63) is 15.9 Å². The lowest BCUT2D eigenvalue weighted by molar-refractivity contribution is 0.146. The Bertz CT molecular complexity index is 450. The molecule has 0 amide bonds. The number of aryl methyl sites for hydroxylation is 2. The van der Waals surface area contributed by atoms with Crippen molar-refractivity contribution in [1.29, 1.82) is 0 Å². The Morgan fingerprint density at radius 1 is 1.50 bits per heavy atom. The molecule has 1 aromatic rings. The van der Waals surface area contributed by atoms with E-state index in [1.165, 1.54) is 5.69 Å². The van der Waals surface area contributed by atoms with E-state index in [1.807, 2.05) is 0 Å². The fourth-order valence-corrected chi connectivity index (χ4v) is 3.23. The molecule has 1 aromatic heterocycles. The molecule has 4 nitrogen and oxygen atoms in total. The van der Waals surface area contributed by atoms with E-state index in [4.69, 9.17) is 4.74 Å². The molecular formula is C15H26BrN3O. The van der Waals surface area contributed by atoms with Crippen LogP contribution in [0.4, 0.5) is 0 Å². The minimum absolute atomic E-state index is 0.201. The topological polar surface area (TPSA) is 39.1 Å². The van der Waals surface area contributed by atoms with E-state index >= 15 is 0 Å². The molecule has 0 saturated carbocycles. The van der Waals surface area contributed by atoms with E-state index in [-0.39, 0.29) is 5.41 Å². The third-order valence-electron chi connectivity index (χ3n) is 4.07. The molecule has 0 aliphatic carbocycles. The normalized spacial score (nSPS) is 22.9. The Labute approximate surface area is 130 Å². The number of aromatic nitrogens is 2. The summed E-state index contributed by atoms with van der Waals surface area (Å²) in [6.07, 6.45) is 2.13. The lowest BCUT2D eigenvalue weighted by Crippen LogP contribution is -2.40. The summed E-state index contributed by atoms with van der Waals surface area (Å²) in [5.41, 5.74) is 2.58. The monoisotopic (exact) mass is 343 g/mol. The van der Waals surface area contributed by atoms with Gasteiger partial charge in [0, 0.05) is 31.2 Å². The molecule has 114 valence electrons. The molecule has 5 heteroatoms. The van der Waals surface area contributed by atoms with Gasteiger partial charge in [0.25, 0.3) is 0 Å². The van der Waals surface area contributed by atoms with Crippen molar-refractivity contribution in [2.75, 3.05) is 19.8 Å². The van der Waals surface area contributed by atoms with E-state index in [9.17, 15) is 0 Å². The van der Waals surface area contributed by atoms with Crippen LogP contribution in [0.15, 0.2) is 4.47 Å². The van der Waals surface area contributed by atoms with E-state index in [0.29, 0.717) is 6.04 Å². The van der Waals surface area contributed by atoms with Gasteiger partial charge in [-0.1, -0.05) is 13.8 Å². The summed E-state index contributed by atoms with van der Waals surface area (Å²) < 4.78 is 8.98. The molecule has 1 unspecified atom stereocenters. The fourth-order valence-electron chi connectivity index (χ4n) is 2.80. The van der Waals surface area contributed by atoms with E-state index in [0.717, 1.165) is 49.3 Å². The van der Waals surface area contributed by atoms with Crippen molar-refractivity contribution < 1.29 is 4.74 Å². The SMILES string of the molecule is CCn1nc(C)c(Br)c1CC1(CNC(C)C)CCOC1. The van der Waals surface area contributed by atoms with Crippen LogP contribution in [0.1, 0.15) is 38.6 Å². The zero-order chi connectivity index (χ0) is 14.8.